The molecule has 2 rings (SSSR count). The van der Waals surface area contributed by atoms with Gasteiger partial charge in [-0.25, -0.2) is 4.39 Å². The van der Waals surface area contributed by atoms with Gasteiger partial charge in [-0.1, -0.05) is 6.07 Å². The predicted molar refractivity (Wildman–Crippen MR) is 63.7 cm³/mol. The number of ether oxygens (including phenoxy) is 2. The van der Waals surface area contributed by atoms with Gasteiger partial charge < -0.3 is 14.8 Å². The molecule has 0 radical (unpaired) electrons. The van der Waals surface area contributed by atoms with E-state index in [2.05, 4.69) is 5.32 Å². The van der Waals surface area contributed by atoms with Gasteiger partial charge in [-0.15, -0.1) is 0 Å². The molecule has 4 heteroatoms. The number of nitrogens with one attached hydrogen (secondary N) is 1. The maximum atomic E-state index is 12.8. The Morgan fingerprint density at radius 3 is 3.18 bits per heavy atom. The lowest BCUT2D eigenvalue weighted by Crippen LogP contribution is -2.29. The fraction of sp³-hybridized carbons (Fsp3) is 0.538. The van der Waals surface area contributed by atoms with Crippen molar-refractivity contribution < 1.29 is 13.9 Å². The van der Waals surface area contributed by atoms with Crippen LogP contribution >= 0.6 is 0 Å². The molecule has 1 aliphatic heterocycles. The third-order valence-electron chi connectivity index (χ3n) is 2.74. The second kappa shape index (κ2) is 6.57. The molecular weight excluding hydrogens is 221 g/mol. The summed E-state index contributed by atoms with van der Waals surface area (Å²) in [6.45, 7) is 3.03. The Hall–Kier alpha value is -1.13. The lowest BCUT2D eigenvalue weighted by molar-refractivity contribution is 0.109. The lowest BCUT2D eigenvalue weighted by Gasteiger charge is -2.11. The zero-order valence-corrected chi connectivity index (χ0v) is 9.82. The molecule has 1 saturated heterocycles. The number of halogens is 1. The van der Waals surface area contributed by atoms with Crippen LogP contribution in [-0.4, -0.2) is 32.4 Å². The predicted octanol–water partition coefficient (Wildman–Crippen LogP) is 1.97. The van der Waals surface area contributed by atoms with Crippen LogP contribution in [0.2, 0.25) is 0 Å². The fourth-order valence-electron chi connectivity index (χ4n) is 1.87. The van der Waals surface area contributed by atoms with Gasteiger partial charge in [0.25, 0.3) is 0 Å². The highest BCUT2D eigenvalue weighted by atomic mass is 19.1. The quantitative estimate of drug-likeness (QED) is 0.770. The summed E-state index contributed by atoms with van der Waals surface area (Å²) in [6.07, 6.45) is 2.65. The molecule has 1 fully saturated rings. The Balaban J connectivity index is 1.56. The number of benzene rings is 1. The first-order valence-electron chi connectivity index (χ1n) is 6.05. The Labute approximate surface area is 101 Å². The van der Waals surface area contributed by atoms with E-state index in [0.29, 0.717) is 18.5 Å². The summed E-state index contributed by atoms with van der Waals surface area (Å²) in [4.78, 5) is 0. The number of rotatable bonds is 6. The van der Waals surface area contributed by atoms with Crippen LogP contribution in [0.1, 0.15) is 12.8 Å². The van der Waals surface area contributed by atoms with Crippen molar-refractivity contribution in [1.82, 2.24) is 5.32 Å². The van der Waals surface area contributed by atoms with Gasteiger partial charge in [-0.05, 0) is 25.0 Å². The van der Waals surface area contributed by atoms with Crippen LogP contribution in [0.15, 0.2) is 24.3 Å². The summed E-state index contributed by atoms with van der Waals surface area (Å²) in [6, 6.07) is 6.19. The smallest absolute Gasteiger partial charge is 0.126 e. The maximum absolute atomic E-state index is 12.8. The van der Waals surface area contributed by atoms with Crippen LogP contribution < -0.4 is 10.1 Å². The molecule has 1 unspecified atom stereocenters. The zero-order valence-electron chi connectivity index (χ0n) is 9.82. The van der Waals surface area contributed by atoms with Gasteiger partial charge in [0.05, 0.1) is 6.10 Å². The molecule has 94 valence electrons. The molecule has 0 spiro atoms. The molecule has 0 saturated carbocycles. The van der Waals surface area contributed by atoms with Gasteiger partial charge in [0.2, 0.25) is 0 Å². The summed E-state index contributed by atoms with van der Waals surface area (Å²) < 4.78 is 23.7. The third-order valence-corrected chi connectivity index (χ3v) is 2.74. The van der Waals surface area contributed by atoms with Gasteiger partial charge in [0, 0.05) is 25.8 Å². The van der Waals surface area contributed by atoms with E-state index in [4.69, 9.17) is 9.47 Å². The van der Waals surface area contributed by atoms with E-state index in [9.17, 15) is 4.39 Å². The minimum atomic E-state index is -0.269. The van der Waals surface area contributed by atoms with E-state index < -0.39 is 0 Å². The van der Waals surface area contributed by atoms with Gasteiger partial charge in [-0.3, -0.25) is 0 Å². The summed E-state index contributed by atoms with van der Waals surface area (Å²) >= 11 is 0. The Kier molecular flexibility index (Phi) is 4.76. The average Bonchev–Trinajstić information content (AvgIpc) is 2.82. The van der Waals surface area contributed by atoms with Crippen molar-refractivity contribution in [2.75, 3.05) is 26.3 Å². The average molecular weight is 239 g/mol. The van der Waals surface area contributed by atoms with Crippen molar-refractivity contribution in [3.8, 4) is 5.75 Å². The number of hydrogen-bond donors (Lipinski definition) is 1. The maximum Gasteiger partial charge on any atom is 0.126 e. The summed E-state index contributed by atoms with van der Waals surface area (Å²) in [5.74, 6) is 0.304. The van der Waals surface area contributed by atoms with E-state index in [1.54, 1.807) is 12.1 Å². The molecule has 1 aromatic carbocycles. The van der Waals surface area contributed by atoms with Gasteiger partial charge in [0.1, 0.15) is 18.2 Å². The van der Waals surface area contributed by atoms with Crippen molar-refractivity contribution in [2.24, 2.45) is 0 Å². The highest BCUT2D eigenvalue weighted by Crippen LogP contribution is 2.12. The van der Waals surface area contributed by atoms with Gasteiger partial charge in [-0.2, -0.15) is 0 Å². The topological polar surface area (TPSA) is 30.5 Å². The van der Waals surface area contributed by atoms with Crippen LogP contribution in [0.25, 0.3) is 0 Å². The molecule has 1 aromatic rings. The SMILES string of the molecule is Fc1cccc(OCCNCC2CCCO2)c1. The van der Waals surface area contributed by atoms with E-state index in [1.807, 2.05) is 0 Å². The first-order chi connectivity index (χ1) is 8.34. The summed E-state index contributed by atoms with van der Waals surface area (Å²) in [5, 5.41) is 3.27. The van der Waals surface area contributed by atoms with Crippen LogP contribution in [0.3, 0.4) is 0 Å². The van der Waals surface area contributed by atoms with Gasteiger partial charge >= 0.3 is 0 Å². The molecule has 1 atom stereocenters. The zero-order chi connectivity index (χ0) is 11.9. The van der Waals surface area contributed by atoms with Gasteiger partial charge in [0.15, 0.2) is 0 Å². The van der Waals surface area contributed by atoms with Crippen LogP contribution in [0, 0.1) is 5.82 Å². The first kappa shape index (κ1) is 12.3. The van der Waals surface area contributed by atoms with Crippen molar-refractivity contribution in [1.29, 1.82) is 0 Å². The van der Waals surface area contributed by atoms with E-state index in [0.717, 1.165) is 32.5 Å². The minimum Gasteiger partial charge on any atom is -0.492 e. The Morgan fingerprint density at radius 1 is 1.47 bits per heavy atom. The van der Waals surface area contributed by atoms with Crippen LogP contribution in [0.4, 0.5) is 4.39 Å². The summed E-state index contributed by atoms with van der Waals surface area (Å²) in [7, 11) is 0. The standard InChI is InChI=1S/C13H18FNO2/c14-11-3-1-4-12(9-11)17-8-6-15-10-13-5-2-7-16-13/h1,3-4,9,13,15H,2,5-8,10H2. The van der Waals surface area contributed by atoms with E-state index >= 15 is 0 Å². The van der Waals surface area contributed by atoms with E-state index in [-0.39, 0.29) is 5.82 Å². The largest absolute Gasteiger partial charge is 0.492 e. The molecule has 0 aromatic heterocycles. The van der Waals surface area contributed by atoms with Crippen molar-refractivity contribution in [2.45, 2.75) is 18.9 Å². The molecule has 17 heavy (non-hydrogen) atoms. The number of hydrogen-bond acceptors (Lipinski definition) is 3. The lowest BCUT2D eigenvalue weighted by atomic mass is 10.2. The Bertz CT molecular complexity index is 340. The second-order valence-corrected chi connectivity index (χ2v) is 4.14. The minimum absolute atomic E-state index is 0.269. The second-order valence-electron chi connectivity index (χ2n) is 4.14. The molecule has 0 aliphatic carbocycles. The summed E-state index contributed by atoms with van der Waals surface area (Å²) in [5.41, 5.74) is 0. The Morgan fingerprint density at radius 2 is 2.41 bits per heavy atom. The molecule has 1 aliphatic rings. The molecule has 0 amide bonds. The molecular formula is C13H18FNO2. The van der Waals surface area contributed by atoms with Crippen molar-refractivity contribution in [3.05, 3.63) is 30.1 Å². The van der Waals surface area contributed by atoms with E-state index in [1.165, 1.54) is 12.1 Å². The highest BCUT2D eigenvalue weighted by Gasteiger charge is 2.14. The van der Waals surface area contributed by atoms with Crippen LogP contribution in [-0.2, 0) is 4.74 Å². The fourth-order valence-corrected chi connectivity index (χ4v) is 1.87. The monoisotopic (exact) mass is 239 g/mol. The molecule has 1 N–H and O–H groups in total. The third kappa shape index (κ3) is 4.32. The first-order valence-corrected chi connectivity index (χ1v) is 6.05. The molecule has 1 heterocycles. The normalized spacial score (nSPS) is 19.5. The molecule has 0 bridgehead atoms. The van der Waals surface area contributed by atoms with Crippen LogP contribution in [0.5, 0.6) is 5.75 Å². The van der Waals surface area contributed by atoms with Crippen molar-refractivity contribution in [3.63, 3.8) is 0 Å². The molecule has 3 nitrogen and oxygen atoms in total. The highest BCUT2D eigenvalue weighted by molar-refractivity contribution is 5.22. The van der Waals surface area contributed by atoms with Crippen molar-refractivity contribution >= 4 is 0 Å².